The number of amides is 1. The van der Waals surface area contributed by atoms with Crippen molar-refractivity contribution in [3.05, 3.63) is 22.4 Å². The Balaban J connectivity index is 1.58. The van der Waals surface area contributed by atoms with E-state index in [4.69, 9.17) is 4.99 Å². The van der Waals surface area contributed by atoms with E-state index in [1.165, 1.54) is 4.88 Å². The molecule has 2 saturated heterocycles. The van der Waals surface area contributed by atoms with Crippen molar-refractivity contribution in [2.24, 2.45) is 4.99 Å². The van der Waals surface area contributed by atoms with E-state index >= 15 is 0 Å². The first kappa shape index (κ1) is 23.0. The Bertz CT molecular complexity index is 678. The Morgan fingerprint density at radius 2 is 1.87 bits per heavy atom. The molecule has 2 unspecified atom stereocenters. The first-order valence-electron chi connectivity index (χ1n) is 11.3. The fourth-order valence-electron chi connectivity index (χ4n) is 4.27. The van der Waals surface area contributed by atoms with Gasteiger partial charge < -0.3 is 20.0 Å². The van der Waals surface area contributed by atoms with Gasteiger partial charge >= 0.3 is 0 Å². The summed E-state index contributed by atoms with van der Waals surface area (Å²) < 4.78 is 0. The third-order valence-electron chi connectivity index (χ3n) is 6.18. The number of guanidine groups is 1. The topological polar surface area (TPSA) is 54.4 Å². The standard InChI is InChI=1S/C22H38N6OS/c1-5-23-22(24-17-19(25(3)4)20-9-8-16-30-20)28-14-12-26(13-15-28)18(2)21(29)27-10-6-7-11-27/h8-9,16,18-19H,5-7,10-15,17H2,1-4H3,(H,23,24). The van der Waals surface area contributed by atoms with Crippen LogP contribution in [0, 0.1) is 0 Å². The minimum atomic E-state index is -0.0262. The predicted octanol–water partition coefficient (Wildman–Crippen LogP) is 1.94. The van der Waals surface area contributed by atoms with Gasteiger partial charge in [0, 0.05) is 50.7 Å². The molecule has 2 aliphatic rings. The van der Waals surface area contributed by atoms with Crippen molar-refractivity contribution in [3.63, 3.8) is 0 Å². The molecular weight excluding hydrogens is 396 g/mol. The predicted molar refractivity (Wildman–Crippen MR) is 125 cm³/mol. The lowest BCUT2D eigenvalue weighted by Crippen LogP contribution is -2.57. The molecule has 1 aromatic rings. The van der Waals surface area contributed by atoms with Crippen LogP contribution in [0.15, 0.2) is 22.5 Å². The first-order chi connectivity index (χ1) is 14.5. The van der Waals surface area contributed by atoms with E-state index in [0.717, 1.165) is 71.2 Å². The number of piperazine rings is 1. The summed E-state index contributed by atoms with van der Waals surface area (Å²) in [6.07, 6.45) is 2.29. The maximum absolute atomic E-state index is 12.7. The lowest BCUT2D eigenvalue weighted by atomic mass is 10.2. The van der Waals surface area contributed by atoms with Gasteiger partial charge in [0.25, 0.3) is 0 Å². The third kappa shape index (κ3) is 5.74. The van der Waals surface area contributed by atoms with Crippen LogP contribution in [-0.2, 0) is 4.79 Å². The maximum atomic E-state index is 12.7. The Morgan fingerprint density at radius 1 is 1.17 bits per heavy atom. The van der Waals surface area contributed by atoms with Crippen LogP contribution in [0.3, 0.4) is 0 Å². The summed E-state index contributed by atoms with van der Waals surface area (Å²) in [5.74, 6) is 1.28. The summed E-state index contributed by atoms with van der Waals surface area (Å²) in [4.78, 5) is 28.0. The third-order valence-corrected chi connectivity index (χ3v) is 7.15. The van der Waals surface area contributed by atoms with E-state index in [-0.39, 0.29) is 12.1 Å². The van der Waals surface area contributed by atoms with Crippen molar-refractivity contribution in [3.8, 4) is 0 Å². The molecule has 30 heavy (non-hydrogen) atoms. The monoisotopic (exact) mass is 434 g/mol. The number of aliphatic imine (C=N–C) groups is 1. The summed E-state index contributed by atoms with van der Waals surface area (Å²) in [5.41, 5.74) is 0. The van der Waals surface area contributed by atoms with Gasteiger partial charge in [0.2, 0.25) is 5.91 Å². The zero-order chi connectivity index (χ0) is 21.5. The molecular formula is C22H38N6OS. The van der Waals surface area contributed by atoms with Gasteiger partial charge in [-0.2, -0.15) is 0 Å². The van der Waals surface area contributed by atoms with Crippen LogP contribution >= 0.6 is 11.3 Å². The minimum Gasteiger partial charge on any atom is -0.357 e. The highest BCUT2D eigenvalue weighted by Crippen LogP contribution is 2.23. The molecule has 0 saturated carbocycles. The molecule has 168 valence electrons. The number of likely N-dealkylation sites (tertiary alicyclic amines) is 1. The number of rotatable bonds is 7. The van der Waals surface area contributed by atoms with E-state index in [1.807, 2.05) is 4.90 Å². The molecule has 0 aromatic carbocycles. The van der Waals surface area contributed by atoms with E-state index in [1.54, 1.807) is 11.3 Å². The lowest BCUT2D eigenvalue weighted by Gasteiger charge is -2.39. The van der Waals surface area contributed by atoms with Crippen LogP contribution in [0.2, 0.25) is 0 Å². The normalized spacial score (nSPS) is 20.6. The van der Waals surface area contributed by atoms with E-state index in [9.17, 15) is 4.79 Å². The molecule has 8 heteroatoms. The molecule has 1 N–H and O–H groups in total. The Kier molecular flexibility index (Phi) is 8.53. The Labute approximate surface area is 185 Å². The summed E-state index contributed by atoms with van der Waals surface area (Å²) in [6.45, 7) is 11.2. The van der Waals surface area contributed by atoms with E-state index < -0.39 is 0 Å². The number of carbonyl (C=O) groups excluding carboxylic acids is 1. The van der Waals surface area contributed by atoms with Crippen LogP contribution in [0.4, 0.5) is 0 Å². The van der Waals surface area contributed by atoms with Crippen LogP contribution in [-0.4, -0.2) is 104 Å². The second-order valence-electron chi connectivity index (χ2n) is 8.42. The first-order valence-corrected chi connectivity index (χ1v) is 12.1. The Morgan fingerprint density at radius 3 is 2.43 bits per heavy atom. The summed E-state index contributed by atoms with van der Waals surface area (Å²) in [7, 11) is 4.23. The summed E-state index contributed by atoms with van der Waals surface area (Å²) in [5, 5.41) is 5.60. The molecule has 0 bridgehead atoms. The summed E-state index contributed by atoms with van der Waals surface area (Å²) >= 11 is 1.79. The van der Waals surface area contributed by atoms with Gasteiger partial charge in [-0.25, -0.2) is 0 Å². The highest BCUT2D eigenvalue weighted by atomic mass is 32.1. The highest BCUT2D eigenvalue weighted by molar-refractivity contribution is 7.10. The summed E-state index contributed by atoms with van der Waals surface area (Å²) in [6, 6.07) is 4.56. The highest BCUT2D eigenvalue weighted by Gasteiger charge is 2.30. The van der Waals surface area contributed by atoms with Gasteiger partial charge in [-0.1, -0.05) is 6.07 Å². The molecule has 2 fully saturated rings. The average Bonchev–Trinajstić information content (AvgIpc) is 3.46. The van der Waals surface area contributed by atoms with Crippen LogP contribution in [0.1, 0.15) is 37.6 Å². The zero-order valence-electron chi connectivity index (χ0n) is 19.0. The van der Waals surface area contributed by atoms with E-state index in [0.29, 0.717) is 5.91 Å². The van der Waals surface area contributed by atoms with Crippen LogP contribution < -0.4 is 5.32 Å². The molecule has 0 spiro atoms. The molecule has 0 radical (unpaired) electrons. The fraction of sp³-hybridized carbons (Fsp3) is 0.727. The van der Waals surface area contributed by atoms with Crippen molar-refractivity contribution in [2.75, 3.05) is 66.5 Å². The molecule has 3 heterocycles. The molecule has 7 nitrogen and oxygen atoms in total. The molecule has 0 aliphatic carbocycles. The smallest absolute Gasteiger partial charge is 0.239 e. The number of nitrogens with one attached hydrogen (secondary N) is 1. The SMILES string of the molecule is CCNC(=NCC(c1cccs1)N(C)C)N1CCN(C(C)C(=O)N2CCCC2)CC1. The van der Waals surface area contributed by atoms with Crippen molar-refractivity contribution < 1.29 is 4.79 Å². The van der Waals surface area contributed by atoms with Crippen LogP contribution in [0.25, 0.3) is 0 Å². The molecule has 3 rings (SSSR count). The average molecular weight is 435 g/mol. The molecule has 2 atom stereocenters. The number of hydrogen-bond donors (Lipinski definition) is 1. The quantitative estimate of drug-likeness (QED) is 0.525. The van der Waals surface area contributed by atoms with Crippen LogP contribution in [0.5, 0.6) is 0 Å². The van der Waals surface area contributed by atoms with Crippen molar-refractivity contribution in [2.45, 2.75) is 38.8 Å². The lowest BCUT2D eigenvalue weighted by molar-refractivity contribution is -0.135. The van der Waals surface area contributed by atoms with Crippen molar-refractivity contribution >= 4 is 23.2 Å². The van der Waals surface area contributed by atoms with Gasteiger partial charge in [0.1, 0.15) is 0 Å². The number of likely N-dealkylation sites (N-methyl/N-ethyl adjacent to an activating group) is 1. The number of thiophene rings is 1. The van der Waals surface area contributed by atoms with Gasteiger partial charge in [-0.3, -0.25) is 14.7 Å². The van der Waals surface area contributed by atoms with Gasteiger partial charge in [0.15, 0.2) is 5.96 Å². The minimum absolute atomic E-state index is 0.0262. The second kappa shape index (κ2) is 11.1. The van der Waals surface area contributed by atoms with Crippen molar-refractivity contribution in [1.82, 2.24) is 24.9 Å². The second-order valence-corrected chi connectivity index (χ2v) is 9.40. The molecule has 1 aromatic heterocycles. The largest absolute Gasteiger partial charge is 0.357 e. The number of carbonyl (C=O) groups is 1. The number of hydrogen-bond acceptors (Lipinski definition) is 5. The molecule has 1 amide bonds. The molecule has 2 aliphatic heterocycles. The number of nitrogens with zero attached hydrogens (tertiary/aromatic N) is 5. The van der Waals surface area contributed by atoms with Crippen molar-refractivity contribution in [1.29, 1.82) is 0 Å². The van der Waals surface area contributed by atoms with Gasteiger partial charge in [-0.05, 0) is 52.2 Å². The van der Waals surface area contributed by atoms with E-state index in [2.05, 4.69) is 65.5 Å². The fourth-order valence-corrected chi connectivity index (χ4v) is 5.18. The zero-order valence-corrected chi connectivity index (χ0v) is 19.8. The Hall–Kier alpha value is -1.64. The van der Waals surface area contributed by atoms with Gasteiger partial charge in [-0.15, -0.1) is 11.3 Å². The maximum Gasteiger partial charge on any atom is 0.239 e. The van der Waals surface area contributed by atoms with Gasteiger partial charge in [0.05, 0.1) is 18.6 Å².